The summed E-state index contributed by atoms with van der Waals surface area (Å²) >= 11 is 6.98. The van der Waals surface area contributed by atoms with E-state index >= 15 is 0 Å². The van der Waals surface area contributed by atoms with E-state index in [-0.39, 0.29) is 6.10 Å². The van der Waals surface area contributed by atoms with E-state index in [1.54, 1.807) is 12.1 Å². The van der Waals surface area contributed by atoms with Crippen molar-refractivity contribution in [1.82, 2.24) is 0 Å². The van der Waals surface area contributed by atoms with Crippen molar-refractivity contribution in [3.05, 3.63) is 29.3 Å². The van der Waals surface area contributed by atoms with Crippen LogP contribution >= 0.6 is 29.8 Å². The van der Waals surface area contributed by atoms with Gasteiger partial charge >= 0.3 is 6.80 Å². The van der Waals surface area contributed by atoms with Crippen molar-refractivity contribution in [2.45, 2.75) is 43.1 Å². The fourth-order valence-electron chi connectivity index (χ4n) is 2.08. The third-order valence-corrected chi connectivity index (χ3v) is 7.06. The molecule has 1 unspecified atom stereocenters. The summed E-state index contributed by atoms with van der Waals surface area (Å²) in [5.41, 5.74) is 0. The summed E-state index contributed by atoms with van der Waals surface area (Å²) in [4.78, 5) is 0.838. The van der Waals surface area contributed by atoms with Crippen LogP contribution in [0.5, 0.6) is 0 Å². The lowest BCUT2D eigenvalue weighted by Crippen LogP contribution is -2.14. The molecule has 19 heavy (non-hydrogen) atoms. The Kier molecular flexibility index (Phi) is 5.79. The molecule has 1 aromatic carbocycles. The van der Waals surface area contributed by atoms with Gasteiger partial charge in [0.25, 0.3) is 0 Å². The first-order chi connectivity index (χ1) is 9.11. The van der Waals surface area contributed by atoms with Gasteiger partial charge in [-0.1, -0.05) is 30.9 Å². The molecule has 3 nitrogen and oxygen atoms in total. The lowest BCUT2D eigenvalue weighted by Gasteiger charge is -2.25. The van der Waals surface area contributed by atoms with Crippen molar-refractivity contribution in [3.63, 3.8) is 0 Å². The lowest BCUT2D eigenvalue weighted by atomic mass is 9.98. The Morgan fingerprint density at radius 2 is 1.84 bits per heavy atom. The van der Waals surface area contributed by atoms with E-state index < -0.39 is 6.80 Å². The Labute approximate surface area is 123 Å². The van der Waals surface area contributed by atoms with Crippen LogP contribution in [0, 0.1) is 0 Å². The molecular weight excluding hydrogens is 303 g/mol. The summed E-state index contributed by atoms with van der Waals surface area (Å²) in [5, 5.41) is 0.657. The minimum absolute atomic E-state index is 0.0549. The molecule has 0 aromatic heterocycles. The third-order valence-electron chi connectivity index (χ3n) is 3.08. The zero-order chi connectivity index (χ0) is 13.7. The number of hydrogen-bond acceptors (Lipinski definition) is 4. The molecule has 1 fully saturated rings. The van der Waals surface area contributed by atoms with Crippen molar-refractivity contribution < 1.29 is 13.6 Å². The SMILES string of the molecule is COP(=O)(OC1CCCCC1)Sc1ccc(Cl)cc1. The predicted octanol–water partition coefficient (Wildman–Crippen LogP) is 5.54. The fourth-order valence-corrected chi connectivity index (χ4v) is 5.36. The Balaban J connectivity index is 2.00. The predicted molar refractivity (Wildman–Crippen MR) is 79.9 cm³/mol. The first-order valence-electron chi connectivity index (χ1n) is 6.41. The van der Waals surface area contributed by atoms with Crippen LogP contribution in [0.3, 0.4) is 0 Å². The quantitative estimate of drug-likeness (QED) is 0.668. The summed E-state index contributed by atoms with van der Waals surface area (Å²) in [7, 11) is 1.44. The van der Waals surface area contributed by atoms with Crippen LogP contribution in [0.4, 0.5) is 0 Å². The van der Waals surface area contributed by atoms with Crippen LogP contribution < -0.4 is 0 Å². The molecule has 106 valence electrons. The summed E-state index contributed by atoms with van der Waals surface area (Å²) in [6, 6.07) is 7.18. The molecule has 0 spiro atoms. The lowest BCUT2D eigenvalue weighted by molar-refractivity contribution is 0.135. The number of rotatable bonds is 5. The Morgan fingerprint density at radius 1 is 1.21 bits per heavy atom. The van der Waals surface area contributed by atoms with Gasteiger partial charge < -0.3 is 4.52 Å². The monoisotopic (exact) mass is 320 g/mol. The van der Waals surface area contributed by atoms with E-state index in [0.29, 0.717) is 5.02 Å². The van der Waals surface area contributed by atoms with Crippen LogP contribution in [0.15, 0.2) is 29.2 Å². The molecule has 0 aliphatic heterocycles. The van der Waals surface area contributed by atoms with Crippen LogP contribution in [-0.2, 0) is 13.6 Å². The Bertz CT molecular complexity index is 446. The van der Waals surface area contributed by atoms with Crippen LogP contribution in [0.2, 0.25) is 5.02 Å². The molecule has 1 aliphatic carbocycles. The molecule has 1 atom stereocenters. The van der Waals surface area contributed by atoms with Gasteiger partial charge in [0.15, 0.2) is 0 Å². The Morgan fingerprint density at radius 3 is 2.42 bits per heavy atom. The standard InChI is InChI=1S/C13H18ClO3PS/c1-16-18(15,17-12-5-3-2-4-6-12)19-13-9-7-11(14)8-10-13/h7-10,12H,2-6H2,1H3. The molecule has 6 heteroatoms. The first kappa shape index (κ1) is 15.4. The minimum atomic E-state index is -3.13. The van der Waals surface area contributed by atoms with E-state index in [4.69, 9.17) is 20.6 Å². The molecular formula is C13H18ClO3PS. The van der Waals surface area contributed by atoms with Crippen LogP contribution in [0.1, 0.15) is 32.1 Å². The van der Waals surface area contributed by atoms with Crippen molar-refractivity contribution in [2.24, 2.45) is 0 Å². The van der Waals surface area contributed by atoms with E-state index in [1.807, 2.05) is 12.1 Å². The fraction of sp³-hybridized carbons (Fsp3) is 0.538. The Hall–Kier alpha value is 0.01000. The average molecular weight is 321 g/mol. The molecule has 1 aliphatic rings. The summed E-state index contributed by atoms with van der Waals surface area (Å²) in [5.74, 6) is 0. The van der Waals surface area contributed by atoms with Crippen LogP contribution in [-0.4, -0.2) is 13.2 Å². The highest BCUT2D eigenvalue weighted by Crippen LogP contribution is 2.64. The molecule has 0 N–H and O–H groups in total. The smallest absolute Gasteiger partial charge is 0.304 e. The van der Waals surface area contributed by atoms with Gasteiger partial charge in [0, 0.05) is 17.0 Å². The van der Waals surface area contributed by atoms with Gasteiger partial charge in [0.2, 0.25) is 0 Å². The summed E-state index contributed by atoms with van der Waals surface area (Å²) in [6.45, 7) is -3.13. The van der Waals surface area contributed by atoms with Gasteiger partial charge in [-0.2, -0.15) is 0 Å². The average Bonchev–Trinajstić information content (AvgIpc) is 2.42. The molecule has 0 bridgehead atoms. The van der Waals surface area contributed by atoms with E-state index in [9.17, 15) is 4.57 Å². The van der Waals surface area contributed by atoms with Gasteiger partial charge in [0.1, 0.15) is 0 Å². The third kappa shape index (κ3) is 4.80. The van der Waals surface area contributed by atoms with Crippen molar-refractivity contribution in [3.8, 4) is 0 Å². The maximum atomic E-state index is 12.6. The highest BCUT2D eigenvalue weighted by Gasteiger charge is 2.30. The highest BCUT2D eigenvalue weighted by atomic mass is 35.5. The zero-order valence-corrected chi connectivity index (χ0v) is 13.3. The van der Waals surface area contributed by atoms with Gasteiger partial charge in [-0.05, 0) is 48.5 Å². The summed E-state index contributed by atoms with van der Waals surface area (Å²) in [6.07, 6.45) is 5.50. The van der Waals surface area contributed by atoms with Crippen LogP contribution in [0.25, 0.3) is 0 Å². The highest BCUT2D eigenvalue weighted by molar-refractivity contribution is 8.55. The second-order valence-electron chi connectivity index (χ2n) is 4.54. The largest absolute Gasteiger partial charge is 0.393 e. The molecule has 2 rings (SSSR count). The molecule has 0 amide bonds. The number of hydrogen-bond donors (Lipinski definition) is 0. The normalized spacial score (nSPS) is 20.1. The van der Waals surface area contributed by atoms with Gasteiger partial charge in [-0.15, -0.1) is 0 Å². The maximum absolute atomic E-state index is 12.6. The molecule has 0 radical (unpaired) electrons. The minimum Gasteiger partial charge on any atom is -0.304 e. The molecule has 1 saturated carbocycles. The van der Waals surface area contributed by atoms with E-state index in [1.165, 1.54) is 13.5 Å². The van der Waals surface area contributed by atoms with E-state index in [2.05, 4.69) is 0 Å². The topological polar surface area (TPSA) is 35.5 Å². The second-order valence-corrected chi connectivity index (χ2v) is 8.99. The van der Waals surface area contributed by atoms with Gasteiger partial charge in [-0.25, -0.2) is 4.57 Å². The number of benzene rings is 1. The second kappa shape index (κ2) is 7.14. The molecule has 1 aromatic rings. The first-order valence-corrected chi connectivity index (χ1v) is 9.75. The van der Waals surface area contributed by atoms with E-state index in [0.717, 1.165) is 42.0 Å². The zero-order valence-electron chi connectivity index (χ0n) is 10.9. The maximum Gasteiger partial charge on any atom is 0.393 e. The molecule has 0 heterocycles. The van der Waals surface area contributed by atoms with Crippen molar-refractivity contribution in [2.75, 3.05) is 7.11 Å². The van der Waals surface area contributed by atoms with Crippen molar-refractivity contribution >= 4 is 29.8 Å². The number of halogens is 1. The summed E-state index contributed by atoms with van der Waals surface area (Å²) < 4.78 is 23.5. The van der Waals surface area contributed by atoms with Gasteiger partial charge in [-0.3, -0.25) is 4.52 Å². The molecule has 0 saturated heterocycles. The van der Waals surface area contributed by atoms with Gasteiger partial charge in [0.05, 0.1) is 6.10 Å². The van der Waals surface area contributed by atoms with Crippen molar-refractivity contribution in [1.29, 1.82) is 0 Å².